The lowest BCUT2D eigenvalue weighted by Gasteiger charge is -2.26. The minimum Gasteiger partial charge on any atom is -0.295 e. The van der Waals surface area contributed by atoms with Crippen molar-refractivity contribution in [3.05, 3.63) is 64.1 Å². The first-order chi connectivity index (χ1) is 11.2. The summed E-state index contributed by atoms with van der Waals surface area (Å²) in [5.41, 5.74) is 3.01. The maximum atomic E-state index is 11.8. The Morgan fingerprint density at radius 3 is 2.70 bits per heavy atom. The molecule has 0 fully saturated rings. The number of para-hydroxylation sites is 1. The van der Waals surface area contributed by atoms with Crippen LogP contribution in [0, 0.1) is 0 Å². The second-order valence-corrected chi connectivity index (χ2v) is 7.10. The van der Waals surface area contributed by atoms with Gasteiger partial charge >= 0.3 is 0 Å². The van der Waals surface area contributed by atoms with E-state index in [0.717, 1.165) is 32.5 Å². The van der Waals surface area contributed by atoms with Gasteiger partial charge in [-0.15, -0.1) is 0 Å². The number of nitrogens with zero attached hydrogens (tertiary/aromatic N) is 3. The van der Waals surface area contributed by atoms with Gasteiger partial charge in [0.15, 0.2) is 5.17 Å². The first kappa shape index (κ1) is 14.7. The van der Waals surface area contributed by atoms with Gasteiger partial charge in [-0.1, -0.05) is 52.0 Å². The Bertz CT molecular complexity index is 845. The van der Waals surface area contributed by atoms with Crippen LogP contribution >= 0.6 is 27.7 Å². The molecule has 0 saturated carbocycles. The molecule has 2 aromatic carbocycles. The summed E-state index contributed by atoms with van der Waals surface area (Å²) in [7, 11) is 0. The average Bonchev–Trinajstić information content (AvgIpc) is 2.96. The Kier molecular flexibility index (Phi) is 3.79. The number of hydrogen-bond donors (Lipinski definition) is 0. The second kappa shape index (κ2) is 5.94. The van der Waals surface area contributed by atoms with E-state index >= 15 is 0 Å². The quantitative estimate of drug-likeness (QED) is 0.785. The largest absolute Gasteiger partial charge is 0.295 e. The van der Waals surface area contributed by atoms with Crippen LogP contribution in [-0.4, -0.2) is 28.4 Å². The molecule has 0 aromatic heterocycles. The topological polar surface area (TPSA) is 45.0 Å². The van der Waals surface area contributed by atoms with Gasteiger partial charge in [0.25, 0.3) is 5.91 Å². The van der Waals surface area contributed by atoms with Crippen LogP contribution in [0.15, 0.2) is 63.0 Å². The third kappa shape index (κ3) is 2.84. The van der Waals surface area contributed by atoms with Crippen LogP contribution < -0.4 is 0 Å². The molecule has 0 spiro atoms. The van der Waals surface area contributed by atoms with Crippen LogP contribution in [0.1, 0.15) is 11.1 Å². The molecular formula is C17H12BrN3OS. The minimum atomic E-state index is -0.117. The van der Waals surface area contributed by atoms with Crippen molar-refractivity contribution in [2.45, 2.75) is 5.75 Å². The van der Waals surface area contributed by atoms with Gasteiger partial charge in [0.1, 0.15) is 12.4 Å². The van der Waals surface area contributed by atoms with E-state index in [9.17, 15) is 4.79 Å². The Balaban J connectivity index is 1.63. The van der Waals surface area contributed by atoms with Gasteiger partial charge in [0.05, 0.1) is 5.69 Å². The average molecular weight is 386 g/mol. The van der Waals surface area contributed by atoms with Crippen LogP contribution in [0.5, 0.6) is 0 Å². The van der Waals surface area contributed by atoms with Gasteiger partial charge in [-0.25, -0.2) is 4.99 Å². The molecular weight excluding hydrogens is 374 g/mol. The molecule has 0 bridgehead atoms. The van der Waals surface area contributed by atoms with E-state index in [2.05, 4.69) is 33.1 Å². The number of fused-ring (bicyclic) bond motifs is 3. The maximum Gasteiger partial charge on any atom is 0.267 e. The van der Waals surface area contributed by atoms with Crippen molar-refractivity contribution in [3.8, 4) is 0 Å². The molecule has 0 unspecified atom stereocenters. The number of halogens is 1. The second-order valence-electron chi connectivity index (χ2n) is 5.24. The van der Waals surface area contributed by atoms with Crippen LogP contribution in [-0.2, 0) is 10.5 Å². The number of aliphatic imine (C=N–C) groups is 2. The molecule has 0 atom stereocenters. The summed E-state index contributed by atoms with van der Waals surface area (Å²) in [6.45, 7) is 0.274. The lowest BCUT2D eigenvalue weighted by atomic mass is 10.1. The zero-order valence-corrected chi connectivity index (χ0v) is 14.5. The summed E-state index contributed by atoms with van der Waals surface area (Å²) in [6, 6.07) is 16.0. The van der Waals surface area contributed by atoms with Gasteiger partial charge in [-0.3, -0.25) is 9.69 Å². The number of carbonyl (C=O) groups is 1. The van der Waals surface area contributed by atoms with Crippen LogP contribution in [0.2, 0.25) is 0 Å². The van der Waals surface area contributed by atoms with Crippen molar-refractivity contribution in [1.29, 1.82) is 0 Å². The number of hydrogen-bond acceptors (Lipinski definition) is 4. The number of carbonyl (C=O) groups excluding carboxylic acids is 1. The number of amidine groups is 2. The van der Waals surface area contributed by atoms with E-state index in [1.165, 1.54) is 5.56 Å². The van der Waals surface area contributed by atoms with Crippen molar-refractivity contribution < 1.29 is 4.79 Å². The summed E-state index contributed by atoms with van der Waals surface area (Å²) in [4.78, 5) is 22.6. The highest BCUT2D eigenvalue weighted by molar-refractivity contribution is 9.10. The Labute approximate surface area is 146 Å². The monoisotopic (exact) mass is 385 g/mol. The molecule has 4 nitrogen and oxygen atoms in total. The molecule has 2 aromatic rings. The van der Waals surface area contributed by atoms with Crippen molar-refractivity contribution in [2.24, 2.45) is 9.98 Å². The number of rotatable bonds is 2. The van der Waals surface area contributed by atoms with Crippen LogP contribution in [0.3, 0.4) is 0 Å². The van der Waals surface area contributed by atoms with Gasteiger partial charge in [0.2, 0.25) is 0 Å². The molecule has 0 saturated heterocycles. The normalized spacial score (nSPS) is 15.9. The van der Waals surface area contributed by atoms with Crippen molar-refractivity contribution in [1.82, 2.24) is 4.90 Å². The van der Waals surface area contributed by atoms with Crippen LogP contribution in [0.25, 0.3) is 0 Å². The Morgan fingerprint density at radius 1 is 1.09 bits per heavy atom. The first-order valence-corrected chi connectivity index (χ1v) is 8.93. The van der Waals surface area contributed by atoms with Crippen LogP contribution in [0.4, 0.5) is 5.69 Å². The summed E-state index contributed by atoms with van der Waals surface area (Å²) >= 11 is 5.07. The summed E-state index contributed by atoms with van der Waals surface area (Å²) in [5, 5.41) is 0.830. The fourth-order valence-electron chi connectivity index (χ4n) is 2.55. The molecule has 6 heteroatoms. The smallest absolute Gasteiger partial charge is 0.267 e. The predicted octanol–water partition coefficient (Wildman–Crippen LogP) is 3.97. The summed E-state index contributed by atoms with van der Waals surface area (Å²) < 4.78 is 1.06. The minimum absolute atomic E-state index is 0.117. The number of benzene rings is 2. The molecule has 114 valence electrons. The zero-order valence-electron chi connectivity index (χ0n) is 12.1. The standard InChI is InChI=1S/C17H12BrN3OS/c18-12-7-5-11(6-8-12)10-23-17-19-14-4-2-1-3-13(14)16-20-15(22)9-21(16)17/h1-8H,9-10H2. The fourth-order valence-corrected chi connectivity index (χ4v) is 3.77. The van der Waals surface area contributed by atoms with Crippen molar-refractivity contribution in [3.63, 3.8) is 0 Å². The number of amides is 1. The third-order valence-corrected chi connectivity index (χ3v) is 5.23. The molecule has 2 heterocycles. The zero-order chi connectivity index (χ0) is 15.8. The van der Waals surface area contributed by atoms with E-state index in [0.29, 0.717) is 0 Å². The lowest BCUT2D eigenvalue weighted by Crippen LogP contribution is -2.35. The van der Waals surface area contributed by atoms with E-state index in [4.69, 9.17) is 4.99 Å². The van der Waals surface area contributed by atoms with Crippen molar-refractivity contribution >= 4 is 50.3 Å². The fraction of sp³-hybridized carbons (Fsp3) is 0.118. The Morgan fingerprint density at radius 2 is 1.87 bits per heavy atom. The summed E-state index contributed by atoms with van der Waals surface area (Å²) in [5.74, 6) is 1.40. The third-order valence-electron chi connectivity index (χ3n) is 3.65. The molecule has 0 N–H and O–H groups in total. The van der Waals surface area contributed by atoms with Gasteiger partial charge in [-0.2, -0.15) is 4.99 Å². The Hall–Kier alpha value is -1.92. The highest BCUT2D eigenvalue weighted by Gasteiger charge is 2.33. The number of thioether (sulfide) groups is 1. The highest BCUT2D eigenvalue weighted by atomic mass is 79.9. The molecule has 0 radical (unpaired) electrons. The SMILES string of the molecule is O=C1CN2C(SCc3ccc(Br)cc3)=Nc3ccccc3C2=N1. The predicted molar refractivity (Wildman–Crippen MR) is 97.2 cm³/mol. The van der Waals surface area contributed by atoms with Crippen molar-refractivity contribution in [2.75, 3.05) is 6.54 Å². The van der Waals surface area contributed by atoms with Gasteiger partial charge < -0.3 is 0 Å². The van der Waals surface area contributed by atoms with Gasteiger partial charge in [0, 0.05) is 15.8 Å². The lowest BCUT2D eigenvalue weighted by molar-refractivity contribution is -0.116. The summed E-state index contributed by atoms with van der Waals surface area (Å²) in [6.07, 6.45) is 0. The first-order valence-electron chi connectivity index (χ1n) is 7.15. The van der Waals surface area contributed by atoms with Gasteiger partial charge in [-0.05, 0) is 29.8 Å². The highest BCUT2D eigenvalue weighted by Crippen LogP contribution is 2.32. The molecule has 23 heavy (non-hydrogen) atoms. The van der Waals surface area contributed by atoms with E-state index in [1.807, 2.05) is 41.3 Å². The molecule has 2 aliphatic rings. The molecule has 2 aliphatic heterocycles. The van der Waals surface area contributed by atoms with E-state index in [1.54, 1.807) is 11.8 Å². The molecule has 4 rings (SSSR count). The maximum absolute atomic E-state index is 11.8. The van der Waals surface area contributed by atoms with E-state index < -0.39 is 0 Å². The van der Waals surface area contributed by atoms with E-state index in [-0.39, 0.29) is 12.5 Å². The molecule has 0 aliphatic carbocycles. The molecule has 1 amide bonds.